The Balaban J connectivity index is 2.40. The van der Waals surface area contributed by atoms with Crippen LogP contribution >= 0.6 is 0 Å². The van der Waals surface area contributed by atoms with Gasteiger partial charge < -0.3 is 0 Å². The minimum Gasteiger partial charge on any atom is -0.294 e. The standard InChI is InChI=1S/C14H20O/c1-9-5-6-12-11(7-9)13(15)10(2)8-14(12,3)4/h5,8,11-12H,6-7H2,1-4H3/t11-,12+/m1/s1. The Morgan fingerprint density at radius 3 is 2.67 bits per heavy atom. The zero-order chi connectivity index (χ0) is 11.2. The Kier molecular flexibility index (Phi) is 2.37. The van der Waals surface area contributed by atoms with Gasteiger partial charge in [0.2, 0.25) is 0 Å². The van der Waals surface area contributed by atoms with Crippen LogP contribution < -0.4 is 0 Å². The fourth-order valence-corrected chi connectivity index (χ4v) is 3.19. The summed E-state index contributed by atoms with van der Waals surface area (Å²) in [5.41, 5.74) is 2.53. The van der Waals surface area contributed by atoms with Crippen LogP contribution in [-0.2, 0) is 4.79 Å². The van der Waals surface area contributed by atoms with E-state index in [1.165, 1.54) is 5.57 Å². The molecule has 0 fully saturated rings. The Morgan fingerprint density at radius 1 is 1.33 bits per heavy atom. The van der Waals surface area contributed by atoms with Gasteiger partial charge >= 0.3 is 0 Å². The number of Topliss-reactive ketones (excluding diaryl/α,β-unsaturated/α-hetero) is 1. The van der Waals surface area contributed by atoms with Crippen molar-refractivity contribution in [3.63, 3.8) is 0 Å². The molecule has 0 unspecified atom stereocenters. The fourth-order valence-electron chi connectivity index (χ4n) is 3.19. The molecule has 0 bridgehead atoms. The molecule has 0 aromatic heterocycles. The predicted molar refractivity (Wildman–Crippen MR) is 62.5 cm³/mol. The molecule has 0 saturated carbocycles. The fraction of sp³-hybridized carbons (Fsp3) is 0.643. The number of allylic oxidation sites excluding steroid dienone is 4. The second-order valence-electron chi connectivity index (χ2n) is 5.72. The molecule has 1 heteroatoms. The highest BCUT2D eigenvalue weighted by Crippen LogP contribution is 2.47. The van der Waals surface area contributed by atoms with Gasteiger partial charge in [-0.05, 0) is 43.6 Å². The quantitative estimate of drug-likeness (QED) is 0.552. The molecule has 0 amide bonds. The average Bonchev–Trinajstić information content (AvgIpc) is 2.13. The summed E-state index contributed by atoms with van der Waals surface area (Å²) >= 11 is 0. The van der Waals surface area contributed by atoms with E-state index in [9.17, 15) is 4.79 Å². The lowest BCUT2D eigenvalue weighted by Crippen LogP contribution is -2.40. The van der Waals surface area contributed by atoms with Crippen LogP contribution in [-0.4, -0.2) is 5.78 Å². The summed E-state index contributed by atoms with van der Waals surface area (Å²) in [6, 6.07) is 0. The minimum atomic E-state index is 0.180. The SMILES string of the molecule is CC1=CC[C@H]2[C@@H](C1)C(=O)C(C)=CC2(C)C. The van der Waals surface area contributed by atoms with Gasteiger partial charge in [0.1, 0.15) is 0 Å². The lowest BCUT2D eigenvalue weighted by atomic mass is 9.60. The molecule has 0 radical (unpaired) electrons. The summed E-state index contributed by atoms with van der Waals surface area (Å²) in [6.07, 6.45) is 6.52. The van der Waals surface area contributed by atoms with E-state index in [4.69, 9.17) is 0 Å². The molecule has 0 heterocycles. The van der Waals surface area contributed by atoms with Gasteiger partial charge in [0, 0.05) is 5.92 Å². The molecule has 2 atom stereocenters. The molecule has 2 rings (SSSR count). The van der Waals surface area contributed by atoms with Gasteiger partial charge in [-0.25, -0.2) is 0 Å². The zero-order valence-electron chi connectivity index (χ0n) is 10.1. The second kappa shape index (κ2) is 3.33. The van der Waals surface area contributed by atoms with Gasteiger partial charge in [-0.2, -0.15) is 0 Å². The van der Waals surface area contributed by atoms with Crippen molar-refractivity contribution in [2.75, 3.05) is 0 Å². The van der Waals surface area contributed by atoms with Crippen LogP contribution in [0.25, 0.3) is 0 Å². The summed E-state index contributed by atoms with van der Waals surface area (Å²) in [5.74, 6) is 1.14. The zero-order valence-corrected chi connectivity index (χ0v) is 10.1. The van der Waals surface area contributed by atoms with Crippen LogP contribution in [0.1, 0.15) is 40.5 Å². The summed E-state index contributed by atoms with van der Waals surface area (Å²) in [6.45, 7) is 8.63. The van der Waals surface area contributed by atoms with E-state index in [0.29, 0.717) is 11.7 Å². The highest BCUT2D eigenvalue weighted by molar-refractivity contribution is 5.98. The van der Waals surface area contributed by atoms with Crippen molar-refractivity contribution in [3.05, 3.63) is 23.3 Å². The van der Waals surface area contributed by atoms with Gasteiger partial charge in [0.05, 0.1) is 0 Å². The van der Waals surface area contributed by atoms with E-state index in [0.717, 1.165) is 18.4 Å². The molecule has 0 aliphatic heterocycles. The summed E-state index contributed by atoms with van der Waals surface area (Å²) in [7, 11) is 0. The lowest BCUT2D eigenvalue weighted by molar-refractivity contribution is -0.123. The topological polar surface area (TPSA) is 17.1 Å². The summed E-state index contributed by atoms with van der Waals surface area (Å²) in [5, 5.41) is 0. The van der Waals surface area contributed by atoms with Crippen LogP contribution in [0.5, 0.6) is 0 Å². The predicted octanol–water partition coefficient (Wildman–Crippen LogP) is 3.51. The highest BCUT2D eigenvalue weighted by atomic mass is 16.1. The Labute approximate surface area is 92.3 Å². The third kappa shape index (κ3) is 1.68. The lowest BCUT2D eigenvalue weighted by Gasteiger charge is -2.43. The van der Waals surface area contributed by atoms with Crippen molar-refractivity contribution in [1.29, 1.82) is 0 Å². The molecule has 0 saturated heterocycles. The van der Waals surface area contributed by atoms with Crippen molar-refractivity contribution in [3.8, 4) is 0 Å². The van der Waals surface area contributed by atoms with Gasteiger partial charge in [0.15, 0.2) is 5.78 Å². The van der Waals surface area contributed by atoms with Crippen LogP contribution in [0.3, 0.4) is 0 Å². The van der Waals surface area contributed by atoms with E-state index in [1.807, 2.05) is 6.92 Å². The number of carbonyl (C=O) groups is 1. The summed E-state index contributed by atoms with van der Waals surface area (Å²) < 4.78 is 0. The van der Waals surface area contributed by atoms with Gasteiger partial charge in [-0.3, -0.25) is 4.79 Å². The maximum absolute atomic E-state index is 12.1. The van der Waals surface area contributed by atoms with E-state index in [1.54, 1.807) is 0 Å². The van der Waals surface area contributed by atoms with E-state index >= 15 is 0 Å². The largest absolute Gasteiger partial charge is 0.294 e. The van der Waals surface area contributed by atoms with Crippen molar-refractivity contribution < 1.29 is 4.79 Å². The molecule has 0 N–H and O–H groups in total. The molecular weight excluding hydrogens is 184 g/mol. The molecule has 0 aromatic rings. The molecule has 0 spiro atoms. The first-order valence-corrected chi connectivity index (χ1v) is 5.81. The van der Waals surface area contributed by atoms with Gasteiger partial charge in [-0.1, -0.05) is 31.6 Å². The van der Waals surface area contributed by atoms with Gasteiger partial charge in [0.25, 0.3) is 0 Å². The van der Waals surface area contributed by atoms with Gasteiger partial charge in [-0.15, -0.1) is 0 Å². The minimum absolute atomic E-state index is 0.180. The van der Waals surface area contributed by atoms with Crippen LogP contribution in [0.4, 0.5) is 0 Å². The maximum Gasteiger partial charge on any atom is 0.161 e. The van der Waals surface area contributed by atoms with Crippen molar-refractivity contribution >= 4 is 5.78 Å². The Morgan fingerprint density at radius 2 is 2.00 bits per heavy atom. The average molecular weight is 204 g/mol. The maximum atomic E-state index is 12.1. The highest BCUT2D eigenvalue weighted by Gasteiger charge is 2.42. The Hall–Kier alpha value is -0.850. The first kappa shape index (κ1) is 10.7. The Bertz CT molecular complexity index is 358. The molecule has 2 aliphatic rings. The molecule has 1 nitrogen and oxygen atoms in total. The molecule has 15 heavy (non-hydrogen) atoms. The smallest absolute Gasteiger partial charge is 0.161 e. The number of fused-ring (bicyclic) bond motifs is 1. The van der Waals surface area contributed by atoms with Crippen LogP contribution in [0, 0.1) is 17.3 Å². The molecule has 2 aliphatic carbocycles. The second-order valence-corrected chi connectivity index (χ2v) is 5.72. The van der Waals surface area contributed by atoms with Crippen LogP contribution in [0.2, 0.25) is 0 Å². The summed E-state index contributed by atoms with van der Waals surface area (Å²) in [4.78, 5) is 12.1. The number of hydrogen-bond donors (Lipinski definition) is 0. The molecule has 0 aromatic carbocycles. The number of ketones is 1. The van der Waals surface area contributed by atoms with E-state index < -0.39 is 0 Å². The van der Waals surface area contributed by atoms with Crippen molar-refractivity contribution in [1.82, 2.24) is 0 Å². The third-order valence-electron chi connectivity index (χ3n) is 4.02. The van der Waals surface area contributed by atoms with Crippen molar-refractivity contribution in [2.45, 2.75) is 40.5 Å². The number of hydrogen-bond acceptors (Lipinski definition) is 1. The number of carbonyl (C=O) groups excluding carboxylic acids is 1. The third-order valence-corrected chi connectivity index (χ3v) is 4.02. The molecule has 82 valence electrons. The first-order chi connectivity index (χ1) is 6.92. The van der Waals surface area contributed by atoms with E-state index in [2.05, 4.69) is 32.9 Å². The van der Waals surface area contributed by atoms with Crippen LogP contribution in [0.15, 0.2) is 23.3 Å². The first-order valence-electron chi connectivity index (χ1n) is 5.81. The number of rotatable bonds is 0. The van der Waals surface area contributed by atoms with Crippen molar-refractivity contribution in [2.24, 2.45) is 17.3 Å². The molecular formula is C14H20O. The normalized spacial score (nSPS) is 34.3. The monoisotopic (exact) mass is 204 g/mol. The van der Waals surface area contributed by atoms with E-state index in [-0.39, 0.29) is 11.3 Å².